The van der Waals surface area contributed by atoms with Crippen LogP contribution in [0.4, 0.5) is 22.7 Å². The molecule has 0 unspecified atom stereocenters. The molecule has 5 heteroatoms. The Labute approximate surface area is 149 Å². The number of hydrogen-bond acceptors (Lipinski definition) is 5. The number of hydrogen-bond donors (Lipinski definition) is 1. The van der Waals surface area contributed by atoms with Crippen LogP contribution in [0.1, 0.15) is 40.5 Å². The third kappa shape index (κ3) is 4.47. The Morgan fingerprint density at radius 2 is 1.38 bits per heavy atom. The van der Waals surface area contributed by atoms with E-state index in [4.69, 9.17) is 5.73 Å². The van der Waals surface area contributed by atoms with Crippen molar-refractivity contribution in [3.05, 3.63) is 12.1 Å². The predicted molar refractivity (Wildman–Crippen MR) is 109 cm³/mol. The molecule has 138 valence electrons. The van der Waals surface area contributed by atoms with E-state index < -0.39 is 0 Å². The molecule has 0 bridgehead atoms. The van der Waals surface area contributed by atoms with Gasteiger partial charge >= 0.3 is 0 Å². The molecule has 0 aliphatic carbocycles. The van der Waals surface area contributed by atoms with Gasteiger partial charge < -0.3 is 20.5 Å². The largest absolute Gasteiger partial charge is 0.397 e. The first-order valence-electron chi connectivity index (χ1n) is 9.26. The van der Waals surface area contributed by atoms with Gasteiger partial charge in [0, 0.05) is 47.3 Å². The fraction of sp³-hybridized carbons (Fsp3) is 0.684. The molecule has 24 heavy (non-hydrogen) atoms. The molecule has 0 fully saturated rings. The molecule has 0 radical (unpaired) electrons. The second-order valence-electron chi connectivity index (χ2n) is 6.42. The van der Waals surface area contributed by atoms with Gasteiger partial charge in [0.2, 0.25) is 0 Å². The summed E-state index contributed by atoms with van der Waals surface area (Å²) in [5.41, 5.74) is 10.7. The highest BCUT2D eigenvalue weighted by atomic mass is 15.6. The second kappa shape index (κ2) is 9.62. The average molecular weight is 336 g/mol. The van der Waals surface area contributed by atoms with Crippen LogP contribution in [0, 0.1) is 0 Å². The monoisotopic (exact) mass is 335 g/mol. The van der Waals surface area contributed by atoms with Gasteiger partial charge in [0.15, 0.2) is 0 Å². The Morgan fingerprint density at radius 3 is 1.79 bits per heavy atom. The van der Waals surface area contributed by atoms with E-state index in [-0.39, 0.29) is 0 Å². The van der Waals surface area contributed by atoms with Crippen molar-refractivity contribution in [3.63, 3.8) is 0 Å². The van der Waals surface area contributed by atoms with Gasteiger partial charge in [-0.15, -0.1) is 0 Å². The first kappa shape index (κ1) is 20.4. The number of nitrogens with two attached hydrogens (primary N) is 1. The molecule has 0 aliphatic rings. The lowest BCUT2D eigenvalue weighted by Crippen LogP contribution is -2.42. The minimum atomic E-state index is 0.830. The maximum Gasteiger partial charge on any atom is 0.0876 e. The maximum absolute atomic E-state index is 6.33. The molecule has 0 aliphatic heterocycles. The molecule has 1 aromatic rings. The van der Waals surface area contributed by atoms with Crippen molar-refractivity contribution in [1.82, 2.24) is 5.01 Å². The van der Waals surface area contributed by atoms with Crippen LogP contribution < -0.4 is 20.5 Å². The number of hydrazine groups is 1. The summed E-state index contributed by atoms with van der Waals surface area (Å²) < 4.78 is 0. The first-order valence-corrected chi connectivity index (χ1v) is 9.26. The standard InChI is InChI=1S/C19H37N5/c1-8-14-24(15-9-2)22(7)17-13-12-16(20)18(21(5)6)19(17)23(10-3)11-4/h12-13H,8-11,14-15,20H2,1-7H3. The minimum absolute atomic E-state index is 0.830. The Hall–Kier alpha value is -1.62. The molecule has 0 saturated heterocycles. The molecule has 0 aromatic heterocycles. The molecule has 0 atom stereocenters. The summed E-state index contributed by atoms with van der Waals surface area (Å²) in [6.07, 6.45) is 2.28. The number of nitrogen functional groups attached to an aromatic ring is 1. The molecular formula is C19H37N5. The second-order valence-corrected chi connectivity index (χ2v) is 6.42. The Bertz CT molecular complexity index is 491. The van der Waals surface area contributed by atoms with Crippen LogP contribution in [-0.4, -0.2) is 52.3 Å². The Balaban J connectivity index is 3.47. The van der Waals surface area contributed by atoms with E-state index in [1.54, 1.807) is 0 Å². The zero-order chi connectivity index (χ0) is 18.3. The van der Waals surface area contributed by atoms with Gasteiger partial charge in [0.1, 0.15) is 0 Å². The lowest BCUT2D eigenvalue weighted by molar-refractivity contribution is 0.265. The van der Waals surface area contributed by atoms with Gasteiger partial charge in [-0.05, 0) is 38.8 Å². The van der Waals surface area contributed by atoms with E-state index >= 15 is 0 Å². The quantitative estimate of drug-likeness (QED) is 0.522. The van der Waals surface area contributed by atoms with E-state index in [1.165, 1.54) is 11.4 Å². The number of nitrogens with zero attached hydrogens (tertiary/aromatic N) is 4. The van der Waals surface area contributed by atoms with Crippen LogP contribution in [-0.2, 0) is 0 Å². The molecule has 5 nitrogen and oxygen atoms in total. The van der Waals surface area contributed by atoms with E-state index in [0.717, 1.165) is 50.4 Å². The fourth-order valence-corrected chi connectivity index (χ4v) is 3.25. The molecule has 0 amide bonds. The zero-order valence-corrected chi connectivity index (χ0v) is 16.8. The van der Waals surface area contributed by atoms with E-state index in [1.807, 2.05) is 6.07 Å². The van der Waals surface area contributed by atoms with E-state index in [9.17, 15) is 0 Å². The third-order valence-electron chi connectivity index (χ3n) is 4.42. The first-order chi connectivity index (χ1) is 11.4. The van der Waals surface area contributed by atoms with Crippen molar-refractivity contribution >= 4 is 22.7 Å². The van der Waals surface area contributed by atoms with E-state index in [0.29, 0.717) is 0 Å². The molecule has 0 saturated carbocycles. The Kier molecular flexibility index (Phi) is 8.19. The molecule has 0 heterocycles. The summed E-state index contributed by atoms with van der Waals surface area (Å²) in [4.78, 5) is 4.53. The van der Waals surface area contributed by atoms with Crippen LogP contribution >= 0.6 is 0 Å². The van der Waals surface area contributed by atoms with Crippen LogP contribution in [0.2, 0.25) is 0 Å². The topological polar surface area (TPSA) is 39.0 Å². The normalized spacial score (nSPS) is 11.0. The van der Waals surface area contributed by atoms with Crippen molar-refractivity contribution in [2.45, 2.75) is 40.5 Å². The maximum atomic E-state index is 6.33. The number of anilines is 4. The van der Waals surface area contributed by atoms with Crippen LogP contribution in [0.25, 0.3) is 0 Å². The molecule has 1 rings (SSSR count). The summed E-state index contributed by atoms with van der Waals surface area (Å²) in [5.74, 6) is 0. The zero-order valence-electron chi connectivity index (χ0n) is 16.8. The van der Waals surface area contributed by atoms with Crippen LogP contribution in [0.5, 0.6) is 0 Å². The lowest BCUT2D eigenvalue weighted by atomic mass is 10.1. The summed E-state index contributed by atoms with van der Waals surface area (Å²) in [6, 6.07) is 4.19. The Morgan fingerprint density at radius 1 is 0.833 bits per heavy atom. The molecule has 0 spiro atoms. The summed E-state index contributed by atoms with van der Waals surface area (Å²) in [5, 5.41) is 4.74. The average Bonchev–Trinajstić information content (AvgIpc) is 2.55. The van der Waals surface area contributed by atoms with Crippen molar-refractivity contribution in [1.29, 1.82) is 0 Å². The van der Waals surface area contributed by atoms with Gasteiger partial charge in [0.25, 0.3) is 0 Å². The van der Waals surface area contributed by atoms with Crippen molar-refractivity contribution in [3.8, 4) is 0 Å². The lowest BCUT2D eigenvalue weighted by Gasteiger charge is -2.38. The molecule has 2 N–H and O–H groups in total. The van der Waals surface area contributed by atoms with Crippen LogP contribution in [0.15, 0.2) is 12.1 Å². The fourth-order valence-electron chi connectivity index (χ4n) is 3.25. The highest BCUT2D eigenvalue weighted by molar-refractivity contribution is 5.91. The van der Waals surface area contributed by atoms with Crippen molar-refractivity contribution in [2.24, 2.45) is 0 Å². The van der Waals surface area contributed by atoms with Gasteiger partial charge in [-0.1, -0.05) is 13.8 Å². The van der Waals surface area contributed by atoms with Gasteiger partial charge in [-0.25, -0.2) is 5.01 Å². The van der Waals surface area contributed by atoms with E-state index in [2.05, 4.69) is 74.7 Å². The third-order valence-corrected chi connectivity index (χ3v) is 4.42. The summed E-state index contributed by atoms with van der Waals surface area (Å²) >= 11 is 0. The molecular weight excluding hydrogens is 298 g/mol. The number of rotatable bonds is 10. The van der Waals surface area contributed by atoms with Gasteiger partial charge in [0.05, 0.1) is 22.7 Å². The molecule has 1 aromatic carbocycles. The van der Waals surface area contributed by atoms with Gasteiger partial charge in [-0.2, -0.15) is 0 Å². The van der Waals surface area contributed by atoms with Crippen molar-refractivity contribution in [2.75, 3.05) is 67.9 Å². The SMILES string of the molecule is CCCN(CCC)N(C)c1ccc(N)c(N(C)C)c1N(CC)CC. The summed E-state index contributed by atoms with van der Waals surface area (Å²) in [6.45, 7) is 12.9. The van der Waals surface area contributed by atoms with Crippen LogP contribution in [0.3, 0.4) is 0 Å². The number of benzene rings is 1. The van der Waals surface area contributed by atoms with Crippen molar-refractivity contribution < 1.29 is 0 Å². The smallest absolute Gasteiger partial charge is 0.0876 e. The minimum Gasteiger partial charge on any atom is -0.397 e. The van der Waals surface area contributed by atoms with Gasteiger partial charge in [-0.3, -0.25) is 0 Å². The highest BCUT2D eigenvalue weighted by Crippen LogP contribution is 2.42. The summed E-state index contributed by atoms with van der Waals surface area (Å²) in [7, 11) is 6.31. The highest BCUT2D eigenvalue weighted by Gasteiger charge is 2.22. The predicted octanol–water partition coefficient (Wildman–Crippen LogP) is 3.65.